The van der Waals surface area contributed by atoms with Crippen molar-refractivity contribution in [2.75, 3.05) is 0 Å². The standard InChI is InChI=1S/C11H12N2O3S/c1-6-4-5-17-9(6)11(16)12-7-2-3-8(14)13-10(7)15/h4-5,7H,2-3H2,1H3,(H,12,16)(H,13,14,15). The highest BCUT2D eigenvalue weighted by Gasteiger charge is 2.28. The van der Waals surface area contributed by atoms with Gasteiger partial charge in [-0.1, -0.05) is 0 Å². The van der Waals surface area contributed by atoms with Crippen LogP contribution in [0.25, 0.3) is 0 Å². The van der Waals surface area contributed by atoms with Gasteiger partial charge in [-0.25, -0.2) is 0 Å². The zero-order valence-corrected chi connectivity index (χ0v) is 10.1. The van der Waals surface area contributed by atoms with Crippen molar-refractivity contribution in [1.82, 2.24) is 10.6 Å². The average molecular weight is 252 g/mol. The summed E-state index contributed by atoms with van der Waals surface area (Å²) in [6, 6.07) is 1.24. The number of rotatable bonds is 2. The van der Waals surface area contributed by atoms with Crippen LogP contribution >= 0.6 is 11.3 Å². The lowest BCUT2D eigenvalue weighted by molar-refractivity contribution is -0.134. The molecule has 1 aromatic rings. The summed E-state index contributed by atoms with van der Waals surface area (Å²) in [7, 11) is 0. The highest BCUT2D eigenvalue weighted by atomic mass is 32.1. The van der Waals surface area contributed by atoms with E-state index in [9.17, 15) is 14.4 Å². The van der Waals surface area contributed by atoms with E-state index >= 15 is 0 Å². The van der Waals surface area contributed by atoms with E-state index < -0.39 is 11.9 Å². The number of hydrogen-bond donors (Lipinski definition) is 2. The Bertz CT molecular complexity index is 481. The average Bonchev–Trinajstić information content (AvgIpc) is 2.68. The Morgan fingerprint density at radius 2 is 2.29 bits per heavy atom. The van der Waals surface area contributed by atoms with Gasteiger partial charge in [-0.3, -0.25) is 19.7 Å². The molecule has 1 aromatic heterocycles. The Kier molecular flexibility index (Phi) is 3.23. The van der Waals surface area contributed by atoms with Crippen LogP contribution in [0.15, 0.2) is 11.4 Å². The highest BCUT2D eigenvalue weighted by molar-refractivity contribution is 7.12. The van der Waals surface area contributed by atoms with Gasteiger partial charge in [0.1, 0.15) is 6.04 Å². The zero-order valence-electron chi connectivity index (χ0n) is 9.28. The predicted octanol–water partition coefficient (Wildman–Crippen LogP) is 0.592. The van der Waals surface area contributed by atoms with Crippen LogP contribution in [0.4, 0.5) is 0 Å². The molecule has 1 saturated heterocycles. The number of amides is 3. The second kappa shape index (κ2) is 4.67. The smallest absolute Gasteiger partial charge is 0.262 e. The molecule has 2 heterocycles. The van der Waals surface area contributed by atoms with Gasteiger partial charge in [0, 0.05) is 6.42 Å². The summed E-state index contributed by atoms with van der Waals surface area (Å²) in [6.45, 7) is 1.84. The van der Waals surface area contributed by atoms with Crippen molar-refractivity contribution >= 4 is 29.1 Å². The van der Waals surface area contributed by atoms with Gasteiger partial charge in [0.05, 0.1) is 4.88 Å². The van der Waals surface area contributed by atoms with Gasteiger partial charge >= 0.3 is 0 Å². The summed E-state index contributed by atoms with van der Waals surface area (Å²) < 4.78 is 0. The largest absolute Gasteiger partial charge is 0.340 e. The van der Waals surface area contributed by atoms with Crippen LogP contribution < -0.4 is 10.6 Å². The predicted molar refractivity (Wildman–Crippen MR) is 62.7 cm³/mol. The zero-order chi connectivity index (χ0) is 12.4. The molecule has 5 nitrogen and oxygen atoms in total. The first-order valence-corrected chi connectivity index (χ1v) is 6.14. The van der Waals surface area contributed by atoms with E-state index in [-0.39, 0.29) is 18.2 Å². The molecule has 0 bridgehead atoms. The van der Waals surface area contributed by atoms with Gasteiger partial charge in [-0.2, -0.15) is 0 Å². The molecule has 1 unspecified atom stereocenters. The summed E-state index contributed by atoms with van der Waals surface area (Å²) >= 11 is 1.34. The first-order chi connectivity index (χ1) is 8.08. The number of thiophene rings is 1. The van der Waals surface area contributed by atoms with E-state index in [1.54, 1.807) is 0 Å². The van der Waals surface area contributed by atoms with Crippen molar-refractivity contribution in [1.29, 1.82) is 0 Å². The number of carbonyl (C=O) groups excluding carboxylic acids is 3. The number of hydrogen-bond acceptors (Lipinski definition) is 4. The van der Waals surface area contributed by atoms with Gasteiger partial charge in [-0.05, 0) is 30.4 Å². The molecule has 0 aliphatic carbocycles. The highest BCUT2D eigenvalue weighted by Crippen LogP contribution is 2.16. The summed E-state index contributed by atoms with van der Waals surface area (Å²) in [5.41, 5.74) is 0.889. The lowest BCUT2D eigenvalue weighted by Crippen LogP contribution is -2.52. The quantitative estimate of drug-likeness (QED) is 0.756. The normalized spacial score (nSPS) is 19.9. The SMILES string of the molecule is Cc1ccsc1C(=O)NC1CCC(=O)NC1=O. The first kappa shape index (κ1) is 11.8. The van der Waals surface area contributed by atoms with Crippen molar-refractivity contribution in [3.8, 4) is 0 Å². The van der Waals surface area contributed by atoms with Crippen LogP contribution in [0.5, 0.6) is 0 Å². The Balaban J connectivity index is 2.02. The second-order valence-electron chi connectivity index (χ2n) is 3.91. The fraction of sp³-hybridized carbons (Fsp3) is 0.364. The van der Waals surface area contributed by atoms with Crippen molar-refractivity contribution < 1.29 is 14.4 Å². The van der Waals surface area contributed by atoms with Crippen molar-refractivity contribution in [3.05, 3.63) is 21.9 Å². The maximum absolute atomic E-state index is 11.9. The molecule has 0 radical (unpaired) electrons. The summed E-state index contributed by atoms with van der Waals surface area (Å²) in [6.07, 6.45) is 0.626. The molecule has 3 amide bonds. The molecule has 17 heavy (non-hydrogen) atoms. The summed E-state index contributed by atoms with van der Waals surface area (Å²) in [5.74, 6) is -0.969. The molecule has 1 atom stereocenters. The molecule has 1 aliphatic heterocycles. The number of imide groups is 1. The minimum atomic E-state index is -0.610. The summed E-state index contributed by atoms with van der Waals surface area (Å²) in [4.78, 5) is 34.9. The van der Waals surface area contributed by atoms with Gasteiger partial charge in [0.2, 0.25) is 11.8 Å². The van der Waals surface area contributed by atoms with Crippen LogP contribution in [0.2, 0.25) is 0 Å². The van der Waals surface area contributed by atoms with Crippen LogP contribution in [-0.4, -0.2) is 23.8 Å². The Labute approximate surface area is 102 Å². The molecular formula is C11H12N2O3S. The van der Waals surface area contributed by atoms with E-state index in [1.807, 2.05) is 18.4 Å². The Morgan fingerprint density at radius 3 is 2.88 bits per heavy atom. The van der Waals surface area contributed by atoms with Gasteiger partial charge in [0.25, 0.3) is 5.91 Å². The van der Waals surface area contributed by atoms with E-state index in [1.165, 1.54) is 11.3 Å². The van der Waals surface area contributed by atoms with E-state index in [0.29, 0.717) is 11.3 Å². The number of piperidine rings is 1. The third-order valence-corrected chi connectivity index (χ3v) is 3.63. The van der Waals surface area contributed by atoms with Crippen molar-refractivity contribution in [3.63, 3.8) is 0 Å². The minimum absolute atomic E-state index is 0.257. The fourth-order valence-electron chi connectivity index (χ4n) is 1.66. The molecule has 1 fully saturated rings. The van der Waals surface area contributed by atoms with Gasteiger partial charge < -0.3 is 5.32 Å². The number of aryl methyl sites for hydroxylation is 1. The first-order valence-electron chi connectivity index (χ1n) is 5.26. The van der Waals surface area contributed by atoms with Crippen LogP contribution in [0.1, 0.15) is 28.1 Å². The van der Waals surface area contributed by atoms with Crippen LogP contribution in [0.3, 0.4) is 0 Å². The second-order valence-corrected chi connectivity index (χ2v) is 4.83. The molecule has 6 heteroatoms. The molecule has 1 aliphatic rings. The van der Waals surface area contributed by atoms with E-state index in [0.717, 1.165) is 5.56 Å². The van der Waals surface area contributed by atoms with Gasteiger partial charge in [-0.15, -0.1) is 11.3 Å². The minimum Gasteiger partial charge on any atom is -0.340 e. The van der Waals surface area contributed by atoms with Gasteiger partial charge in [0.15, 0.2) is 0 Å². The molecule has 0 spiro atoms. The molecular weight excluding hydrogens is 240 g/mol. The van der Waals surface area contributed by atoms with Crippen LogP contribution in [-0.2, 0) is 9.59 Å². The van der Waals surface area contributed by atoms with E-state index in [4.69, 9.17) is 0 Å². The lowest BCUT2D eigenvalue weighted by Gasteiger charge is -2.21. The number of nitrogens with one attached hydrogen (secondary N) is 2. The molecule has 2 N–H and O–H groups in total. The number of carbonyl (C=O) groups is 3. The fourth-order valence-corrected chi connectivity index (χ4v) is 2.49. The maximum atomic E-state index is 11.9. The van der Waals surface area contributed by atoms with E-state index in [2.05, 4.69) is 10.6 Å². The Morgan fingerprint density at radius 1 is 1.53 bits per heavy atom. The third-order valence-electron chi connectivity index (χ3n) is 2.61. The van der Waals surface area contributed by atoms with Crippen LogP contribution in [0, 0.1) is 6.92 Å². The lowest BCUT2D eigenvalue weighted by atomic mass is 10.1. The molecule has 2 rings (SSSR count). The molecule has 0 saturated carbocycles. The molecule has 0 aromatic carbocycles. The maximum Gasteiger partial charge on any atom is 0.262 e. The molecule has 90 valence electrons. The topological polar surface area (TPSA) is 75.3 Å². The Hall–Kier alpha value is -1.69. The monoisotopic (exact) mass is 252 g/mol. The van der Waals surface area contributed by atoms with Crippen molar-refractivity contribution in [2.24, 2.45) is 0 Å². The van der Waals surface area contributed by atoms with Crippen molar-refractivity contribution in [2.45, 2.75) is 25.8 Å². The third kappa shape index (κ3) is 2.52. The summed E-state index contributed by atoms with van der Waals surface area (Å²) in [5, 5.41) is 6.67.